The molecule has 0 bridgehead atoms. The summed E-state index contributed by atoms with van der Waals surface area (Å²) in [6.07, 6.45) is 0. The van der Waals surface area contributed by atoms with Gasteiger partial charge in [-0.3, -0.25) is 4.57 Å². The Labute approximate surface area is 114 Å². The molecule has 7 heteroatoms. The molecule has 0 radical (unpaired) electrons. The Morgan fingerprint density at radius 1 is 1.39 bits per heavy atom. The van der Waals surface area contributed by atoms with Crippen molar-refractivity contribution in [3.63, 3.8) is 0 Å². The summed E-state index contributed by atoms with van der Waals surface area (Å²) < 4.78 is 1.57. The molecule has 0 atom stereocenters. The molecule has 1 aromatic carbocycles. The van der Waals surface area contributed by atoms with Crippen LogP contribution in [0.4, 0.5) is 5.95 Å². The third kappa shape index (κ3) is 2.75. The van der Waals surface area contributed by atoms with Crippen molar-refractivity contribution < 1.29 is 0 Å². The second-order valence-corrected chi connectivity index (χ2v) is 4.81. The van der Waals surface area contributed by atoms with Crippen molar-refractivity contribution in [2.45, 2.75) is 17.5 Å². The number of nitriles is 1. The van der Waals surface area contributed by atoms with E-state index in [1.165, 1.54) is 11.8 Å². The summed E-state index contributed by atoms with van der Waals surface area (Å²) in [5.74, 6) is 0.904. The monoisotopic (exact) mass is 279 g/mol. The van der Waals surface area contributed by atoms with Gasteiger partial charge in [-0.15, -0.1) is 10.2 Å². The summed E-state index contributed by atoms with van der Waals surface area (Å²) in [7, 11) is 0. The van der Waals surface area contributed by atoms with Gasteiger partial charge in [0, 0.05) is 10.8 Å². The summed E-state index contributed by atoms with van der Waals surface area (Å²) in [5.41, 5.74) is 6.63. The van der Waals surface area contributed by atoms with Crippen LogP contribution in [0, 0.1) is 11.3 Å². The third-order valence-electron chi connectivity index (χ3n) is 2.29. The zero-order valence-corrected chi connectivity index (χ0v) is 10.9. The number of benzene rings is 1. The van der Waals surface area contributed by atoms with Gasteiger partial charge in [-0.05, 0) is 11.6 Å². The van der Waals surface area contributed by atoms with Gasteiger partial charge >= 0.3 is 0 Å². The van der Waals surface area contributed by atoms with E-state index in [1.807, 2.05) is 30.3 Å². The molecule has 2 rings (SSSR count). The molecule has 1 heterocycles. The Morgan fingerprint density at radius 3 is 2.89 bits per heavy atom. The summed E-state index contributed by atoms with van der Waals surface area (Å²) in [6.45, 7) is 0.143. The summed E-state index contributed by atoms with van der Waals surface area (Å²) in [4.78, 5) is 0. The number of hydrogen-bond donors (Lipinski definition) is 1. The quantitative estimate of drug-likeness (QED) is 0.869. The average Bonchev–Trinajstić information content (AvgIpc) is 2.71. The molecule has 0 aliphatic carbocycles. The molecule has 18 heavy (non-hydrogen) atoms. The number of hydrogen-bond acceptors (Lipinski definition) is 5. The van der Waals surface area contributed by atoms with Crippen LogP contribution in [0.3, 0.4) is 0 Å². The molecule has 92 valence electrons. The molecule has 0 aliphatic rings. The van der Waals surface area contributed by atoms with E-state index in [1.54, 1.807) is 4.57 Å². The van der Waals surface area contributed by atoms with Crippen LogP contribution < -0.4 is 5.73 Å². The zero-order chi connectivity index (χ0) is 13.0. The molecular weight excluding hydrogens is 270 g/mol. The van der Waals surface area contributed by atoms with Gasteiger partial charge in [0.1, 0.15) is 6.54 Å². The van der Waals surface area contributed by atoms with Crippen LogP contribution in [0.1, 0.15) is 5.56 Å². The Morgan fingerprint density at radius 2 is 2.17 bits per heavy atom. The van der Waals surface area contributed by atoms with Crippen molar-refractivity contribution in [1.29, 1.82) is 5.26 Å². The first-order valence-corrected chi connectivity index (χ1v) is 6.50. The summed E-state index contributed by atoms with van der Waals surface area (Å²) >= 11 is 7.51. The molecule has 0 spiro atoms. The van der Waals surface area contributed by atoms with Crippen LogP contribution >= 0.6 is 23.4 Å². The molecule has 0 saturated carbocycles. The van der Waals surface area contributed by atoms with E-state index >= 15 is 0 Å². The van der Waals surface area contributed by atoms with E-state index in [2.05, 4.69) is 10.2 Å². The SMILES string of the molecule is N#CCn1c(N)nnc1SCc1ccccc1Cl. The van der Waals surface area contributed by atoms with Gasteiger partial charge in [-0.1, -0.05) is 41.6 Å². The summed E-state index contributed by atoms with van der Waals surface area (Å²) in [6, 6.07) is 9.62. The number of nitrogen functional groups attached to an aromatic ring is 1. The number of thioether (sulfide) groups is 1. The van der Waals surface area contributed by atoms with Crippen LogP contribution in [-0.4, -0.2) is 14.8 Å². The number of nitrogens with two attached hydrogens (primary N) is 1. The molecule has 0 fully saturated rings. The van der Waals surface area contributed by atoms with Gasteiger partial charge in [-0.25, -0.2) is 0 Å². The molecule has 2 N–H and O–H groups in total. The van der Waals surface area contributed by atoms with Crippen LogP contribution in [0.5, 0.6) is 0 Å². The second-order valence-electron chi connectivity index (χ2n) is 3.47. The molecule has 5 nitrogen and oxygen atoms in total. The molecule has 2 aromatic rings. The van der Waals surface area contributed by atoms with Gasteiger partial charge in [-0.2, -0.15) is 5.26 Å². The van der Waals surface area contributed by atoms with E-state index in [0.29, 0.717) is 15.9 Å². The minimum Gasteiger partial charge on any atom is -0.368 e. The van der Waals surface area contributed by atoms with Crippen molar-refractivity contribution in [1.82, 2.24) is 14.8 Å². The Balaban J connectivity index is 2.12. The van der Waals surface area contributed by atoms with Crippen LogP contribution in [0.25, 0.3) is 0 Å². The number of aromatic nitrogens is 3. The first-order chi connectivity index (χ1) is 8.72. The highest BCUT2D eigenvalue weighted by Gasteiger charge is 2.10. The van der Waals surface area contributed by atoms with Gasteiger partial charge < -0.3 is 5.73 Å². The van der Waals surface area contributed by atoms with E-state index in [9.17, 15) is 0 Å². The number of anilines is 1. The maximum Gasteiger partial charge on any atom is 0.223 e. The van der Waals surface area contributed by atoms with Crippen molar-refractivity contribution in [2.75, 3.05) is 5.73 Å². The van der Waals surface area contributed by atoms with Crippen LogP contribution in [0.15, 0.2) is 29.4 Å². The predicted octanol–water partition coefficient (Wildman–Crippen LogP) is 2.33. The fraction of sp³-hybridized carbons (Fsp3) is 0.182. The lowest BCUT2D eigenvalue weighted by atomic mass is 10.2. The lowest BCUT2D eigenvalue weighted by molar-refractivity contribution is 0.740. The molecule has 1 aromatic heterocycles. The Hall–Kier alpha value is -1.71. The first-order valence-electron chi connectivity index (χ1n) is 5.14. The van der Waals surface area contributed by atoms with Crippen LogP contribution in [-0.2, 0) is 12.3 Å². The average molecular weight is 280 g/mol. The molecule has 0 unspecified atom stereocenters. The number of halogens is 1. The largest absolute Gasteiger partial charge is 0.368 e. The molecule has 0 saturated heterocycles. The normalized spacial score (nSPS) is 10.2. The highest BCUT2D eigenvalue weighted by atomic mass is 35.5. The zero-order valence-electron chi connectivity index (χ0n) is 9.38. The Bertz CT molecular complexity index is 589. The topological polar surface area (TPSA) is 80.5 Å². The van der Waals surface area contributed by atoms with Gasteiger partial charge in [0.25, 0.3) is 0 Å². The van der Waals surface area contributed by atoms with Gasteiger partial charge in [0.05, 0.1) is 6.07 Å². The van der Waals surface area contributed by atoms with Crippen molar-refractivity contribution in [3.8, 4) is 6.07 Å². The van der Waals surface area contributed by atoms with Gasteiger partial charge in [0.15, 0.2) is 5.16 Å². The highest BCUT2D eigenvalue weighted by Crippen LogP contribution is 2.26. The fourth-order valence-corrected chi connectivity index (χ4v) is 2.61. The highest BCUT2D eigenvalue weighted by molar-refractivity contribution is 7.98. The van der Waals surface area contributed by atoms with E-state index in [-0.39, 0.29) is 12.5 Å². The smallest absolute Gasteiger partial charge is 0.223 e. The molecule has 0 aliphatic heterocycles. The Kier molecular flexibility index (Phi) is 4.07. The van der Waals surface area contributed by atoms with E-state index in [4.69, 9.17) is 22.6 Å². The van der Waals surface area contributed by atoms with Crippen molar-refractivity contribution in [2.24, 2.45) is 0 Å². The minimum absolute atomic E-state index is 0.143. The van der Waals surface area contributed by atoms with Gasteiger partial charge in [0.2, 0.25) is 5.95 Å². The van der Waals surface area contributed by atoms with Crippen LogP contribution in [0.2, 0.25) is 5.02 Å². The third-order valence-corrected chi connectivity index (χ3v) is 3.67. The first kappa shape index (κ1) is 12.7. The lowest BCUT2D eigenvalue weighted by Gasteiger charge is -2.04. The van der Waals surface area contributed by atoms with E-state index < -0.39 is 0 Å². The summed E-state index contributed by atoms with van der Waals surface area (Å²) in [5, 5.41) is 17.7. The predicted molar refractivity (Wildman–Crippen MR) is 71.1 cm³/mol. The molecule has 0 amide bonds. The maximum absolute atomic E-state index is 8.70. The van der Waals surface area contributed by atoms with Crippen molar-refractivity contribution in [3.05, 3.63) is 34.9 Å². The number of rotatable bonds is 4. The fourth-order valence-electron chi connectivity index (χ4n) is 1.38. The lowest BCUT2D eigenvalue weighted by Crippen LogP contribution is -2.03. The maximum atomic E-state index is 8.70. The molecular formula is C11H10ClN5S. The van der Waals surface area contributed by atoms with E-state index in [0.717, 1.165) is 5.56 Å². The number of nitrogens with zero attached hydrogens (tertiary/aromatic N) is 4. The standard InChI is InChI=1S/C11H10ClN5S/c12-9-4-2-1-3-8(9)7-18-11-16-15-10(14)17(11)6-5-13/h1-4H,6-7H2,(H2,14,15). The second kappa shape index (κ2) is 5.76. The minimum atomic E-state index is 0.143. The van der Waals surface area contributed by atoms with Crippen molar-refractivity contribution >= 4 is 29.3 Å².